The number of amides is 2. The summed E-state index contributed by atoms with van der Waals surface area (Å²) in [6.07, 6.45) is 0. The fourth-order valence-corrected chi connectivity index (χ4v) is 5.37. The third-order valence-corrected chi connectivity index (χ3v) is 7.06. The summed E-state index contributed by atoms with van der Waals surface area (Å²) in [6.45, 7) is 0. The standard InChI is InChI=1S/C13H13F3N6O4S3.Na.H/c1-21-12(18-19-20-21)28-3-5-2-27-10-7(9(24)22(10)8(5)11(25)26)17-6(23)4-29-13(14,15)16;;/h7,10H,2-4H2,1H3,(H,17,23)(H,25,26);;/t7-,10-;;/m1../s1. The van der Waals surface area contributed by atoms with Crippen LogP contribution >= 0.6 is 35.3 Å². The summed E-state index contributed by atoms with van der Waals surface area (Å²) in [5.41, 5.74) is -4.26. The van der Waals surface area contributed by atoms with E-state index in [0.29, 0.717) is 10.7 Å². The molecule has 17 heteroatoms. The number of nitrogens with one attached hydrogen (secondary N) is 1. The monoisotopic (exact) mass is 494 g/mol. The summed E-state index contributed by atoms with van der Waals surface area (Å²) in [6, 6.07) is -1.06. The molecule has 0 unspecified atom stereocenters. The van der Waals surface area contributed by atoms with Gasteiger partial charge in [0.05, 0.1) is 5.75 Å². The van der Waals surface area contributed by atoms with Gasteiger partial charge in [0.15, 0.2) is 0 Å². The van der Waals surface area contributed by atoms with Gasteiger partial charge in [0.2, 0.25) is 11.1 Å². The molecule has 1 saturated heterocycles. The molecule has 2 aliphatic rings. The third kappa shape index (κ3) is 5.64. The van der Waals surface area contributed by atoms with Gasteiger partial charge in [0, 0.05) is 18.6 Å². The number of halogens is 3. The van der Waals surface area contributed by atoms with Gasteiger partial charge in [-0.2, -0.15) is 13.2 Å². The van der Waals surface area contributed by atoms with Crippen molar-refractivity contribution >= 4 is 82.6 Å². The molecule has 10 nitrogen and oxygen atoms in total. The maximum atomic E-state index is 12.4. The number of hydrogen-bond donors (Lipinski definition) is 2. The number of fused-ring (bicyclic) bond motifs is 1. The van der Waals surface area contributed by atoms with Crippen molar-refractivity contribution in [1.82, 2.24) is 30.4 Å². The predicted octanol–water partition coefficient (Wildman–Crippen LogP) is -0.355. The molecule has 160 valence electrons. The molecular formula is C13H14F3N6NaO4S3. The molecule has 2 aliphatic heterocycles. The number of carbonyl (C=O) groups is 3. The molecule has 0 aliphatic carbocycles. The maximum absolute atomic E-state index is 12.4. The first-order valence-electron chi connectivity index (χ1n) is 7.83. The minimum absolute atomic E-state index is 0. The zero-order valence-corrected chi connectivity index (χ0v) is 17.0. The van der Waals surface area contributed by atoms with Crippen LogP contribution in [0.2, 0.25) is 0 Å². The topological polar surface area (TPSA) is 130 Å². The van der Waals surface area contributed by atoms with E-state index in [1.54, 1.807) is 7.05 Å². The fourth-order valence-electron chi connectivity index (χ4n) is 2.65. The number of carboxylic acids is 1. The Morgan fingerprint density at radius 1 is 1.40 bits per heavy atom. The first-order chi connectivity index (χ1) is 13.6. The van der Waals surface area contributed by atoms with Crippen LogP contribution in [-0.4, -0.2) is 112 Å². The van der Waals surface area contributed by atoms with Crippen LogP contribution < -0.4 is 5.32 Å². The van der Waals surface area contributed by atoms with E-state index in [-0.39, 0.29) is 46.8 Å². The number of aliphatic carboxylic acids is 1. The Morgan fingerprint density at radius 3 is 2.67 bits per heavy atom. The number of carboxylic acid groups (broad SMARTS) is 1. The van der Waals surface area contributed by atoms with Gasteiger partial charge >= 0.3 is 41.0 Å². The van der Waals surface area contributed by atoms with Crippen LogP contribution in [0.4, 0.5) is 13.2 Å². The molecule has 3 rings (SSSR count). The van der Waals surface area contributed by atoms with Gasteiger partial charge in [-0.25, -0.2) is 9.48 Å². The Balaban J connectivity index is 0.00000320. The first kappa shape index (κ1) is 25.3. The summed E-state index contributed by atoms with van der Waals surface area (Å²) >= 11 is 1.93. The van der Waals surface area contributed by atoms with Crippen molar-refractivity contribution in [2.24, 2.45) is 7.05 Å². The Morgan fingerprint density at radius 2 is 2.10 bits per heavy atom. The quantitative estimate of drug-likeness (QED) is 0.295. The molecule has 0 radical (unpaired) electrons. The second kappa shape index (κ2) is 10.1. The van der Waals surface area contributed by atoms with E-state index in [4.69, 9.17) is 0 Å². The molecule has 0 saturated carbocycles. The molecule has 0 aromatic carbocycles. The van der Waals surface area contributed by atoms with E-state index in [9.17, 15) is 32.7 Å². The van der Waals surface area contributed by atoms with Gasteiger partial charge in [0.25, 0.3) is 5.91 Å². The van der Waals surface area contributed by atoms with E-state index >= 15 is 0 Å². The zero-order chi connectivity index (χ0) is 21.3. The van der Waals surface area contributed by atoms with Gasteiger partial charge in [-0.3, -0.25) is 14.5 Å². The Bertz CT molecular complexity index is 883. The van der Waals surface area contributed by atoms with Crippen molar-refractivity contribution in [2.75, 3.05) is 17.3 Å². The Hall–Kier alpha value is -0.940. The van der Waals surface area contributed by atoms with Crippen molar-refractivity contribution in [3.63, 3.8) is 0 Å². The second-order valence-corrected chi connectivity index (χ2v) is 8.91. The van der Waals surface area contributed by atoms with Crippen LogP contribution in [0.25, 0.3) is 0 Å². The van der Waals surface area contributed by atoms with E-state index in [0.717, 1.165) is 4.90 Å². The van der Waals surface area contributed by atoms with Gasteiger partial charge < -0.3 is 10.4 Å². The molecule has 1 aromatic rings. The number of carbonyl (C=O) groups excluding carboxylic acids is 2. The fraction of sp³-hybridized carbons (Fsp3) is 0.538. The normalized spacial score (nSPS) is 20.9. The molecule has 3 heterocycles. The van der Waals surface area contributed by atoms with E-state index < -0.39 is 52.2 Å². The van der Waals surface area contributed by atoms with Crippen LogP contribution in [0.15, 0.2) is 16.4 Å². The van der Waals surface area contributed by atoms with Crippen molar-refractivity contribution < 1.29 is 32.7 Å². The molecule has 1 aromatic heterocycles. The van der Waals surface area contributed by atoms with Gasteiger partial charge in [-0.15, -0.1) is 16.9 Å². The number of nitrogens with zero attached hydrogens (tertiary/aromatic N) is 5. The van der Waals surface area contributed by atoms with Crippen LogP contribution in [0.5, 0.6) is 0 Å². The molecule has 0 spiro atoms. The Labute approximate surface area is 202 Å². The van der Waals surface area contributed by atoms with Gasteiger partial charge in [0.1, 0.15) is 17.1 Å². The third-order valence-electron chi connectivity index (χ3n) is 3.89. The minimum atomic E-state index is -4.56. The number of alkyl halides is 3. The molecule has 0 bridgehead atoms. The summed E-state index contributed by atoms with van der Waals surface area (Å²) in [5, 5.41) is 22.6. The van der Waals surface area contributed by atoms with Crippen molar-refractivity contribution in [1.29, 1.82) is 0 Å². The SMILES string of the molecule is Cn1nnnc1SCC1=C(C(=O)O)N2C(=O)[C@@H](NC(=O)CSC(F)(F)F)[C@H]2SC1.[NaH]. The number of aryl methyl sites for hydroxylation is 1. The zero-order valence-electron chi connectivity index (χ0n) is 14.5. The van der Waals surface area contributed by atoms with E-state index in [1.165, 1.54) is 28.2 Å². The number of aromatic nitrogens is 4. The van der Waals surface area contributed by atoms with Crippen LogP contribution in [0.1, 0.15) is 0 Å². The average molecular weight is 494 g/mol. The van der Waals surface area contributed by atoms with E-state index in [2.05, 4.69) is 20.8 Å². The predicted molar refractivity (Wildman–Crippen MR) is 105 cm³/mol. The summed E-state index contributed by atoms with van der Waals surface area (Å²) < 4.78 is 38.0. The van der Waals surface area contributed by atoms with Crippen molar-refractivity contribution in [3.05, 3.63) is 11.3 Å². The van der Waals surface area contributed by atoms with E-state index in [1.807, 2.05) is 0 Å². The number of β-lactam (4-membered cyclic amide) rings is 1. The summed E-state index contributed by atoms with van der Waals surface area (Å²) in [4.78, 5) is 36.9. The summed E-state index contributed by atoms with van der Waals surface area (Å²) in [5.74, 6) is -3.28. The molecule has 1 fully saturated rings. The summed E-state index contributed by atoms with van der Waals surface area (Å²) in [7, 11) is 1.63. The molecule has 2 atom stereocenters. The first-order valence-corrected chi connectivity index (χ1v) is 10.9. The molecule has 2 amide bonds. The number of rotatable bonds is 7. The van der Waals surface area contributed by atoms with Crippen LogP contribution in [0.3, 0.4) is 0 Å². The number of thioether (sulfide) groups is 3. The van der Waals surface area contributed by atoms with Gasteiger partial charge in [-0.1, -0.05) is 11.8 Å². The Kier molecular flexibility index (Phi) is 8.54. The average Bonchev–Trinajstić information content (AvgIpc) is 3.06. The molecule has 2 N–H and O–H groups in total. The van der Waals surface area contributed by atoms with Crippen LogP contribution in [-0.2, 0) is 21.4 Å². The number of hydrogen-bond acceptors (Lipinski definition) is 9. The van der Waals surface area contributed by atoms with Crippen molar-refractivity contribution in [2.45, 2.75) is 22.1 Å². The molecular weight excluding hydrogens is 480 g/mol. The number of tetrazole rings is 1. The van der Waals surface area contributed by atoms with Gasteiger partial charge in [-0.05, 0) is 27.8 Å². The second-order valence-electron chi connectivity index (χ2n) is 5.82. The van der Waals surface area contributed by atoms with Crippen molar-refractivity contribution in [3.8, 4) is 0 Å². The molecule has 30 heavy (non-hydrogen) atoms. The van der Waals surface area contributed by atoms with Crippen LogP contribution in [0, 0.1) is 0 Å².